The molecule has 4 nitrogen and oxygen atoms in total. The van der Waals surface area contributed by atoms with Crippen molar-refractivity contribution < 1.29 is 4.39 Å². The summed E-state index contributed by atoms with van der Waals surface area (Å²) in [5, 5.41) is 3.59. The van der Waals surface area contributed by atoms with E-state index in [-0.39, 0.29) is 11.4 Å². The van der Waals surface area contributed by atoms with Crippen LogP contribution in [0.25, 0.3) is 10.9 Å². The standard InChI is InChI=1S/C15H11BrFN3O/c16-11-6-5-9(17)7-13(11)18-8-14-19-12-4-2-1-3-10(12)15(21)20-14/h1-7,18H,8H2,(H,19,20,21). The Morgan fingerprint density at radius 2 is 2.05 bits per heavy atom. The lowest BCUT2D eigenvalue weighted by atomic mass is 10.2. The van der Waals surface area contributed by atoms with Gasteiger partial charge in [0.1, 0.15) is 11.6 Å². The van der Waals surface area contributed by atoms with Crippen LogP contribution in [-0.2, 0) is 6.54 Å². The van der Waals surface area contributed by atoms with Gasteiger partial charge in [-0.2, -0.15) is 0 Å². The summed E-state index contributed by atoms with van der Waals surface area (Å²) in [5.74, 6) is 0.163. The largest absolute Gasteiger partial charge is 0.377 e. The monoisotopic (exact) mass is 347 g/mol. The van der Waals surface area contributed by atoms with Gasteiger partial charge in [-0.1, -0.05) is 12.1 Å². The van der Waals surface area contributed by atoms with Gasteiger partial charge in [-0.05, 0) is 46.3 Å². The fraction of sp³-hybridized carbons (Fsp3) is 0.0667. The molecule has 0 saturated heterocycles. The van der Waals surface area contributed by atoms with E-state index in [2.05, 4.69) is 31.2 Å². The normalized spacial score (nSPS) is 10.8. The van der Waals surface area contributed by atoms with E-state index in [9.17, 15) is 9.18 Å². The van der Waals surface area contributed by atoms with Crippen molar-refractivity contribution >= 4 is 32.5 Å². The highest BCUT2D eigenvalue weighted by Crippen LogP contribution is 2.23. The molecule has 0 saturated carbocycles. The second kappa shape index (κ2) is 5.65. The van der Waals surface area contributed by atoms with Crippen LogP contribution in [-0.4, -0.2) is 9.97 Å². The molecule has 1 heterocycles. The van der Waals surface area contributed by atoms with Crippen molar-refractivity contribution in [2.45, 2.75) is 6.54 Å². The third-order valence-corrected chi connectivity index (χ3v) is 3.73. The zero-order chi connectivity index (χ0) is 14.8. The molecule has 0 aliphatic rings. The second-order valence-electron chi connectivity index (χ2n) is 4.51. The number of rotatable bonds is 3. The molecule has 0 aliphatic carbocycles. The predicted octanol–water partition coefficient (Wildman–Crippen LogP) is 3.44. The van der Waals surface area contributed by atoms with Gasteiger partial charge in [0.15, 0.2) is 0 Å². The van der Waals surface area contributed by atoms with Crippen molar-refractivity contribution in [3.8, 4) is 0 Å². The number of anilines is 1. The third kappa shape index (κ3) is 2.95. The highest BCUT2D eigenvalue weighted by molar-refractivity contribution is 9.10. The summed E-state index contributed by atoms with van der Waals surface area (Å²) < 4.78 is 14.0. The van der Waals surface area contributed by atoms with Crippen LogP contribution in [0.1, 0.15) is 5.82 Å². The van der Waals surface area contributed by atoms with Crippen molar-refractivity contribution in [3.05, 3.63) is 68.9 Å². The molecule has 2 aromatic carbocycles. The van der Waals surface area contributed by atoms with Crippen LogP contribution >= 0.6 is 15.9 Å². The Labute approximate surface area is 128 Å². The number of halogens is 2. The molecule has 21 heavy (non-hydrogen) atoms. The minimum Gasteiger partial charge on any atom is -0.377 e. The maximum Gasteiger partial charge on any atom is 0.258 e. The molecule has 0 radical (unpaired) electrons. The first kappa shape index (κ1) is 13.8. The molecule has 0 fully saturated rings. The molecular formula is C15H11BrFN3O. The van der Waals surface area contributed by atoms with Crippen molar-refractivity contribution in [2.75, 3.05) is 5.32 Å². The van der Waals surface area contributed by atoms with E-state index in [0.29, 0.717) is 29.0 Å². The van der Waals surface area contributed by atoms with E-state index in [1.54, 1.807) is 24.3 Å². The van der Waals surface area contributed by atoms with Crippen LogP contribution in [0, 0.1) is 5.82 Å². The zero-order valence-electron chi connectivity index (χ0n) is 10.9. The maximum atomic E-state index is 13.2. The minimum atomic E-state index is -0.333. The summed E-state index contributed by atoms with van der Waals surface area (Å²) in [5.41, 5.74) is 1.05. The van der Waals surface area contributed by atoms with Crippen LogP contribution in [0.2, 0.25) is 0 Å². The Balaban J connectivity index is 1.88. The number of para-hydroxylation sites is 1. The smallest absolute Gasteiger partial charge is 0.258 e. The summed E-state index contributed by atoms with van der Waals surface area (Å²) >= 11 is 3.34. The topological polar surface area (TPSA) is 57.8 Å². The molecule has 3 rings (SSSR count). The number of aromatic amines is 1. The summed E-state index contributed by atoms with van der Waals surface area (Å²) in [6.45, 7) is 0.294. The van der Waals surface area contributed by atoms with Crippen molar-refractivity contribution in [1.29, 1.82) is 0 Å². The molecule has 2 N–H and O–H groups in total. The number of nitrogens with zero attached hydrogens (tertiary/aromatic N) is 1. The molecule has 0 bridgehead atoms. The van der Waals surface area contributed by atoms with Crippen LogP contribution in [0.4, 0.5) is 10.1 Å². The fourth-order valence-corrected chi connectivity index (χ4v) is 2.42. The molecule has 0 atom stereocenters. The number of aromatic nitrogens is 2. The van der Waals surface area contributed by atoms with Gasteiger partial charge in [0.25, 0.3) is 5.56 Å². The number of fused-ring (bicyclic) bond motifs is 1. The van der Waals surface area contributed by atoms with Gasteiger partial charge in [-0.25, -0.2) is 9.37 Å². The second-order valence-corrected chi connectivity index (χ2v) is 5.36. The Hall–Kier alpha value is -2.21. The first-order valence-electron chi connectivity index (χ1n) is 6.30. The molecule has 0 amide bonds. The highest BCUT2D eigenvalue weighted by Gasteiger charge is 2.05. The maximum absolute atomic E-state index is 13.2. The van der Waals surface area contributed by atoms with Gasteiger partial charge >= 0.3 is 0 Å². The fourth-order valence-electron chi connectivity index (χ4n) is 2.03. The molecule has 0 aliphatic heterocycles. The molecule has 6 heteroatoms. The molecule has 1 aromatic heterocycles. The van der Waals surface area contributed by atoms with Gasteiger partial charge in [-0.15, -0.1) is 0 Å². The van der Waals surface area contributed by atoms with Gasteiger partial charge in [0.05, 0.1) is 23.1 Å². The lowest BCUT2D eigenvalue weighted by Gasteiger charge is -2.08. The van der Waals surface area contributed by atoms with Gasteiger partial charge in [0.2, 0.25) is 0 Å². The minimum absolute atomic E-state index is 0.185. The number of benzene rings is 2. The summed E-state index contributed by atoms with van der Waals surface area (Å²) in [7, 11) is 0. The highest BCUT2D eigenvalue weighted by atomic mass is 79.9. The van der Waals surface area contributed by atoms with Crippen LogP contribution in [0.15, 0.2) is 51.7 Å². The lowest BCUT2D eigenvalue weighted by Crippen LogP contribution is -2.14. The molecule has 0 unspecified atom stereocenters. The van der Waals surface area contributed by atoms with E-state index in [1.807, 2.05) is 6.07 Å². The van der Waals surface area contributed by atoms with Crippen molar-refractivity contribution in [2.24, 2.45) is 0 Å². The van der Waals surface area contributed by atoms with E-state index in [1.165, 1.54) is 12.1 Å². The van der Waals surface area contributed by atoms with Gasteiger partial charge in [-0.3, -0.25) is 4.79 Å². The van der Waals surface area contributed by atoms with E-state index in [0.717, 1.165) is 4.47 Å². The lowest BCUT2D eigenvalue weighted by molar-refractivity contribution is 0.628. The van der Waals surface area contributed by atoms with E-state index in [4.69, 9.17) is 0 Å². The van der Waals surface area contributed by atoms with Crippen LogP contribution in [0.5, 0.6) is 0 Å². The Bertz CT molecular complexity index is 863. The SMILES string of the molecule is O=c1[nH]c(CNc2cc(F)ccc2Br)nc2ccccc12. The van der Waals surface area contributed by atoms with Crippen molar-refractivity contribution in [1.82, 2.24) is 9.97 Å². The van der Waals surface area contributed by atoms with E-state index >= 15 is 0 Å². The van der Waals surface area contributed by atoms with Crippen LogP contribution in [0.3, 0.4) is 0 Å². The first-order chi connectivity index (χ1) is 10.1. The number of hydrogen-bond acceptors (Lipinski definition) is 3. The third-order valence-electron chi connectivity index (χ3n) is 3.04. The molecule has 3 aromatic rings. The Morgan fingerprint density at radius 1 is 1.24 bits per heavy atom. The summed E-state index contributed by atoms with van der Waals surface area (Å²) in [4.78, 5) is 19.0. The van der Waals surface area contributed by atoms with Crippen molar-refractivity contribution in [3.63, 3.8) is 0 Å². The van der Waals surface area contributed by atoms with Crippen LogP contribution < -0.4 is 10.9 Å². The average molecular weight is 348 g/mol. The van der Waals surface area contributed by atoms with E-state index < -0.39 is 0 Å². The zero-order valence-corrected chi connectivity index (χ0v) is 12.4. The molecule has 106 valence electrons. The predicted molar refractivity (Wildman–Crippen MR) is 83.8 cm³/mol. The molecule has 0 spiro atoms. The first-order valence-corrected chi connectivity index (χ1v) is 7.09. The summed E-state index contributed by atoms with van der Waals surface area (Å²) in [6, 6.07) is 11.5. The van der Waals surface area contributed by atoms with Gasteiger partial charge < -0.3 is 10.3 Å². The Kier molecular flexibility index (Phi) is 3.70. The number of hydrogen-bond donors (Lipinski definition) is 2. The number of nitrogens with one attached hydrogen (secondary N) is 2. The average Bonchev–Trinajstić information content (AvgIpc) is 2.48. The number of H-pyrrole nitrogens is 1. The Morgan fingerprint density at radius 3 is 2.90 bits per heavy atom. The molecular weight excluding hydrogens is 337 g/mol. The van der Waals surface area contributed by atoms with Gasteiger partial charge in [0, 0.05) is 4.47 Å². The summed E-state index contributed by atoms with van der Waals surface area (Å²) in [6.07, 6.45) is 0. The quantitative estimate of drug-likeness (QED) is 0.762.